The van der Waals surface area contributed by atoms with Crippen molar-refractivity contribution < 1.29 is 114 Å². The summed E-state index contributed by atoms with van der Waals surface area (Å²) in [6, 6.07) is 0. The van der Waals surface area contributed by atoms with Crippen LogP contribution in [-0.4, -0.2) is 49.2 Å². The molecule has 7 nitrogen and oxygen atoms in total. The zero-order valence-corrected chi connectivity index (χ0v) is 43.4. The summed E-state index contributed by atoms with van der Waals surface area (Å²) in [5, 5.41) is 44.3. The number of hydrogen-bond donors (Lipinski definition) is 2. The zero-order chi connectivity index (χ0) is 37.7. The summed E-state index contributed by atoms with van der Waals surface area (Å²) >= 11 is -3.29. The Morgan fingerprint density at radius 1 is 0.417 bits per heavy atom. The van der Waals surface area contributed by atoms with Crippen molar-refractivity contribution in [3.05, 3.63) is 46.1 Å². The third kappa shape index (κ3) is 254. The van der Waals surface area contributed by atoms with Crippen LogP contribution in [0.1, 0.15) is 145 Å². The van der Waals surface area contributed by atoms with Gasteiger partial charge in [0.25, 0.3) is 0 Å². The predicted octanol–water partition coefficient (Wildman–Crippen LogP) is 3.07. The molecule has 0 saturated heterocycles. The van der Waals surface area contributed by atoms with Crippen LogP contribution in [0.4, 0.5) is 0 Å². The predicted molar refractivity (Wildman–Crippen MR) is 198 cm³/mol. The van der Waals surface area contributed by atoms with Crippen LogP contribution in [-0.2, 0) is 41.7 Å². The monoisotopic (exact) mass is 898 g/mol. The summed E-state index contributed by atoms with van der Waals surface area (Å²) in [6.45, 7) is 40.1. The van der Waals surface area contributed by atoms with Gasteiger partial charge in [-0.2, -0.15) is 0 Å². The smallest absolute Gasteiger partial charge is 1.00 e. The Morgan fingerprint density at radius 2 is 0.479 bits per heavy atom. The Kier molecular flexibility index (Phi) is 55.1. The van der Waals surface area contributed by atoms with Gasteiger partial charge in [0.1, 0.15) is 0 Å². The topological polar surface area (TPSA) is 120 Å². The molecule has 0 spiro atoms. The molecule has 0 aliphatic rings. The molecule has 0 amide bonds. The van der Waals surface area contributed by atoms with Crippen molar-refractivity contribution >= 4 is 34.1 Å². The average Bonchev–Trinajstić information content (AvgIpc) is 2.54. The van der Waals surface area contributed by atoms with Crippen molar-refractivity contribution in [2.75, 3.05) is 0 Å². The molecule has 0 unspecified atom stereocenters. The zero-order valence-electron chi connectivity index (χ0n) is 35.4. The first-order valence-electron chi connectivity index (χ1n) is 14.5. The molecule has 0 fully saturated rings. The summed E-state index contributed by atoms with van der Waals surface area (Å²) in [4.78, 5) is 0. The average molecular weight is 903 g/mol. The summed E-state index contributed by atoms with van der Waals surface area (Å²) in [6.07, 6.45) is 7.08. The Morgan fingerprint density at radius 3 is 0.521 bits per heavy atom. The van der Waals surface area contributed by atoms with Crippen molar-refractivity contribution in [2.45, 2.75) is 184 Å². The van der Waals surface area contributed by atoms with Crippen LogP contribution >= 0.6 is 34.1 Å². The Balaban J connectivity index is -0.0000000467. The van der Waals surface area contributed by atoms with E-state index < -0.39 is 32.3 Å². The fourth-order valence-corrected chi connectivity index (χ4v) is 1.03. The molecule has 274 valence electrons. The number of aliphatic hydroxyl groups is 2. The normalized spacial score (nSPS) is 11.8. The summed E-state index contributed by atoms with van der Waals surface area (Å²) < 4.78 is 0. The van der Waals surface area contributed by atoms with E-state index in [4.69, 9.17) is 44.3 Å². The summed E-state index contributed by atoms with van der Waals surface area (Å²) in [5.41, 5.74) is -1.73. The molecule has 0 aromatic carbocycles. The van der Waals surface area contributed by atoms with Crippen molar-refractivity contribution in [1.29, 1.82) is 0 Å². The minimum atomic E-state index is -3.29. The maximum atomic E-state index is 10.1. The van der Waals surface area contributed by atoms with Crippen LogP contribution in [0, 0.1) is 0 Å². The van der Waals surface area contributed by atoms with E-state index in [2.05, 4.69) is 104 Å². The Bertz CT molecular complexity index is 589. The molecular formula is C32H69Cl4Li3N4O3Zr2. The first kappa shape index (κ1) is 76.1. The van der Waals surface area contributed by atoms with Crippen molar-refractivity contribution in [3.8, 4) is 0 Å². The van der Waals surface area contributed by atoms with Gasteiger partial charge in [0.2, 0.25) is 0 Å². The first-order valence-corrected chi connectivity index (χ1v) is 27.2. The van der Waals surface area contributed by atoms with E-state index in [1.807, 2.05) is 0 Å². The van der Waals surface area contributed by atoms with E-state index in [1.165, 1.54) is 0 Å². The molecule has 0 aliphatic heterocycles. The molecule has 0 aromatic heterocycles. The van der Waals surface area contributed by atoms with Gasteiger partial charge in [0.05, 0.1) is 11.2 Å². The van der Waals surface area contributed by atoms with E-state index in [0.717, 1.165) is 0 Å². The van der Waals surface area contributed by atoms with Crippen LogP contribution in [0.5, 0.6) is 0 Å². The number of hydrogen-bond acceptors (Lipinski definition) is 3. The van der Waals surface area contributed by atoms with Gasteiger partial charge in [-0.15, -0.1) is 27.8 Å². The molecule has 16 heteroatoms. The van der Waals surface area contributed by atoms with E-state index in [9.17, 15) is 5.11 Å². The quantitative estimate of drug-likeness (QED) is 0.423. The number of halogens is 4. The molecule has 0 aliphatic carbocycles. The maximum Gasteiger partial charge on any atom is 2.00 e. The standard InChI is InChI=1S/2C10H20N2.2C4H10O.C4H9O.4ClH.3Li.2Zr/c2*1-9(2,3)11-7-8-12-10(4,5)6;3*1-4(2,3)5;;;;;;;;;/h2*7-8H,1-6H3;2*5H,1-3H3;1-3H3;4*1H;;;;;/q2*-2;;;-1;;;;;3*+1;+2;+4/p-4/b8-7-;;;;;;;;;;;;;. The fraction of sp³-hybridized carbons (Fsp3) is 0.875. The summed E-state index contributed by atoms with van der Waals surface area (Å²) in [5.74, 6) is 0. The SMILES string of the molecule is CC(C)(C)O.CC(C)(C)O.CC(C)(C)[N-]/C=C\[N-]C(C)(C)C.CC(C)(C)[N-]C=C[N-]C(C)(C)C.CC(C)(C)[O-].[Cl][Zr]([Cl])([Cl])[Cl].[Li+].[Li+].[Li+].[Zr+2]. The Hall–Kier alpha value is 3.28. The van der Waals surface area contributed by atoms with Crippen molar-refractivity contribution in [3.63, 3.8) is 0 Å². The molecule has 0 bridgehead atoms. The van der Waals surface area contributed by atoms with E-state index in [1.54, 1.807) is 87.1 Å². The van der Waals surface area contributed by atoms with Gasteiger partial charge in [-0.1, -0.05) is 104 Å². The van der Waals surface area contributed by atoms with Crippen LogP contribution in [0.2, 0.25) is 0 Å². The van der Waals surface area contributed by atoms with E-state index >= 15 is 0 Å². The van der Waals surface area contributed by atoms with Crippen LogP contribution in [0.25, 0.3) is 21.3 Å². The van der Waals surface area contributed by atoms with E-state index in [0.29, 0.717) is 0 Å². The second-order valence-corrected chi connectivity index (χ2v) is 39.1. The van der Waals surface area contributed by atoms with Gasteiger partial charge in [-0.3, -0.25) is 0 Å². The second-order valence-electron chi connectivity index (χ2n) is 16.7. The van der Waals surface area contributed by atoms with E-state index in [-0.39, 0.29) is 105 Å². The number of nitrogens with zero attached hydrogens (tertiary/aromatic N) is 4. The molecule has 0 rings (SSSR count). The third-order valence-corrected chi connectivity index (χ3v) is 1.98. The minimum Gasteiger partial charge on any atom is 1.00 e. The van der Waals surface area contributed by atoms with Gasteiger partial charge in [-0.05, 0) is 41.5 Å². The van der Waals surface area contributed by atoms with Crippen LogP contribution in [0.3, 0.4) is 0 Å². The summed E-state index contributed by atoms with van der Waals surface area (Å²) in [7, 11) is 20.1. The van der Waals surface area contributed by atoms with Crippen molar-refractivity contribution in [2.24, 2.45) is 0 Å². The molecule has 0 heterocycles. The molecule has 0 aromatic rings. The molecule has 0 saturated carbocycles. The molecule has 2 N–H and O–H groups in total. The van der Waals surface area contributed by atoms with Gasteiger partial charge in [0, 0.05) is 0 Å². The largest absolute Gasteiger partial charge is 2.00 e. The number of rotatable bonds is 4. The van der Waals surface area contributed by atoms with Gasteiger partial charge in [0.15, 0.2) is 0 Å². The minimum absolute atomic E-state index is 0. The maximum absolute atomic E-state index is 10.1. The second kappa shape index (κ2) is 34.7. The van der Waals surface area contributed by atoms with Crippen LogP contribution in [0.15, 0.2) is 24.8 Å². The van der Waals surface area contributed by atoms with Gasteiger partial charge in [-0.25, -0.2) is 24.8 Å². The molecule has 0 radical (unpaired) electrons. The van der Waals surface area contributed by atoms with Gasteiger partial charge < -0.3 is 36.6 Å². The Labute approximate surface area is 373 Å². The van der Waals surface area contributed by atoms with Crippen molar-refractivity contribution in [1.82, 2.24) is 0 Å². The fourth-order valence-electron chi connectivity index (χ4n) is 1.03. The first-order chi connectivity index (χ1) is 18.4. The molecular weight excluding hydrogens is 833 g/mol. The molecule has 0 atom stereocenters. The van der Waals surface area contributed by atoms with Crippen LogP contribution < -0.4 is 61.7 Å². The third-order valence-electron chi connectivity index (χ3n) is 1.98. The molecule has 48 heavy (non-hydrogen) atoms. The van der Waals surface area contributed by atoms with Gasteiger partial charge >= 0.3 is 132 Å².